The van der Waals surface area contributed by atoms with Gasteiger partial charge in [-0.05, 0) is 98.9 Å². The van der Waals surface area contributed by atoms with Crippen molar-refractivity contribution < 1.29 is 40.2 Å². The molecule has 9 heteroatoms. The van der Waals surface area contributed by atoms with Crippen LogP contribution in [0.1, 0.15) is 51.4 Å². The van der Waals surface area contributed by atoms with E-state index in [0.29, 0.717) is 43.4 Å². The summed E-state index contributed by atoms with van der Waals surface area (Å²) in [7, 11) is 0. The molecule has 2 aromatic rings. The molecule has 38 heavy (non-hydrogen) atoms. The topological polar surface area (TPSA) is 18.5 Å². The predicted octanol–water partition coefficient (Wildman–Crippen LogP) is 9.82. The van der Waals surface area contributed by atoms with E-state index in [0.717, 1.165) is 62.1 Å². The Hall–Kier alpha value is -2.97. The van der Waals surface area contributed by atoms with Crippen LogP contribution in [0.3, 0.4) is 0 Å². The SMILES string of the molecule is C=CC1CCC(C2CCC(C(F)(F)Oc3ccc(-c4ccc(OC(F)=C(F)F)c(F)c4)c(F)c3)CC2)CC1. The number of allylic oxidation sites excluding steroid dienone is 1. The molecule has 0 heterocycles. The van der Waals surface area contributed by atoms with Crippen molar-refractivity contribution >= 4 is 0 Å². The molecule has 0 spiro atoms. The third-order valence-electron chi connectivity index (χ3n) is 7.85. The Morgan fingerprint density at radius 2 is 1.45 bits per heavy atom. The number of hydrogen-bond acceptors (Lipinski definition) is 2. The maximum Gasteiger partial charge on any atom is 0.400 e. The second-order valence-corrected chi connectivity index (χ2v) is 10.1. The molecule has 2 aromatic carbocycles. The molecule has 0 bridgehead atoms. The summed E-state index contributed by atoms with van der Waals surface area (Å²) in [6.07, 6.45) is 2.27. The smallest absolute Gasteiger partial charge is 0.400 e. The molecule has 0 aromatic heterocycles. The Morgan fingerprint density at radius 3 is 2.00 bits per heavy atom. The van der Waals surface area contributed by atoms with E-state index in [1.807, 2.05) is 6.08 Å². The summed E-state index contributed by atoms with van der Waals surface area (Å²) >= 11 is 0. The summed E-state index contributed by atoms with van der Waals surface area (Å²) in [5.41, 5.74) is -0.179. The molecule has 4 rings (SSSR count). The first-order valence-corrected chi connectivity index (χ1v) is 12.7. The first-order chi connectivity index (χ1) is 18.1. The van der Waals surface area contributed by atoms with Gasteiger partial charge in [-0.15, -0.1) is 6.58 Å². The summed E-state index contributed by atoms with van der Waals surface area (Å²) in [6.45, 7) is 3.86. The van der Waals surface area contributed by atoms with Crippen molar-refractivity contribution in [1.82, 2.24) is 0 Å². The molecule has 2 nitrogen and oxygen atoms in total. The lowest BCUT2D eigenvalue weighted by molar-refractivity contribution is -0.224. The highest BCUT2D eigenvalue weighted by Gasteiger charge is 2.45. The van der Waals surface area contributed by atoms with Crippen molar-refractivity contribution in [2.45, 2.75) is 57.5 Å². The van der Waals surface area contributed by atoms with Crippen LogP contribution in [0.25, 0.3) is 11.1 Å². The van der Waals surface area contributed by atoms with Gasteiger partial charge in [0.1, 0.15) is 11.6 Å². The molecule has 2 aliphatic rings. The summed E-state index contributed by atoms with van der Waals surface area (Å²) < 4.78 is 105. The van der Waals surface area contributed by atoms with Gasteiger partial charge in [0, 0.05) is 11.6 Å². The summed E-state index contributed by atoms with van der Waals surface area (Å²) in [5.74, 6) is -2.78. The maximum atomic E-state index is 15.0. The van der Waals surface area contributed by atoms with Crippen LogP contribution in [0, 0.1) is 35.3 Å². The van der Waals surface area contributed by atoms with Crippen molar-refractivity contribution in [2.24, 2.45) is 23.7 Å². The van der Waals surface area contributed by atoms with Crippen molar-refractivity contribution in [2.75, 3.05) is 0 Å². The Kier molecular flexibility index (Phi) is 8.73. The lowest BCUT2D eigenvalue weighted by Crippen LogP contribution is -2.38. The fourth-order valence-electron chi connectivity index (χ4n) is 5.70. The first-order valence-electron chi connectivity index (χ1n) is 12.7. The number of alkyl halides is 2. The molecule has 0 radical (unpaired) electrons. The summed E-state index contributed by atoms with van der Waals surface area (Å²) in [4.78, 5) is 0. The molecule has 2 fully saturated rings. The molecular formula is C29H29F7O2. The minimum atomic E-state index is -3.48. The van der Waals surface area contributed by atoms with Crippen LogP contribution in [0.4, 0.5) is 30.7 Å². The molecule has 206 valence electrons. The lowest BCUT2D eigenvalue weighted by Gasteiger charge is -2.39. The molecular weight excluding hydrogens is 513 g/mol. The highest BCUT2D eigenvalue weighted by molar-refractivity contribution is 5.66. The highest BCUT2D eigenvalue weighted by atomic mass is 19.3. The van der Waals surface area contributed by atoms with Gasteiger partial charge in [0.2, 0.25) is 0 Å². The zero-order chi connectivity index (χ0) is 27.4. The maximum absolute atomic E-state index is 15.0. The van der Waals surface area contributed by atoms with E-state index in [1.165, 1.54) is 0 Å². The summed E-state index contributed by atoms with van der Waals surface area (Å²) in [6, 6.07) is 3.57. The molecule has 0 saturated heterocycles. The second-order valence-electron chi connectivity index (χ2n) is 10.1. The number of hydrogen-bond donors (Lipinski definition) is 0. The largest absolute Gasteiger partial charge is 0.432 e. The number of halogens is 7. The number of rotatable bonds is 8. The monoisotopic (exact) mass is 542 g/mol. The standard InChI is InChI=1S/C29H29F7O2/c1-2-17-3-5-18(6-4-17)19-7-10-21(11-8-19)29(35,36)38-22-12-13-23(24(30)16-22)20-9-14-26(25(31)15-20)37-28(34)27(32)33/h2,9,12-19,21H,1,3-8,10-11H2. The van der Waals surface area contributed by atoms with E-state index < -0.39 is 41.5 Å². The first kappa shape index (κ1) is 28.0. The van der Waals surface area contributed by atoms with Crippen LogP contribution in [0.15, 0.2) is 61.1 Å². The van der Waals surface area contributed by atoms with Gasteiger partial charge in [0.25, 0.3) is 0 Å². The van der Waals surface area contributed by atoms with Gasteiger partial charge in [-0.25, -0.2) is 8.78 Å². The molecule has 0 N–H and O–H groups in total. The van der Waals surface area contributed by atoms with Gasteiger partial charge in [0.15, 0.2) is 11.6 Å². The quantitative estimate of drug-likeness (QED) is 0.188. The van der Waals surface area contributed by atoms with Gasteiger partial charge >= 0.3 is 18.2 Å². The van der Waals surface area contributed by atoms with E-state index in [9.17, 15) is 30.7 Å². The molecule has 2 aliphatic carbocycles. The fourth-order valence-corrected chi connectivity index (χ4v) is 5.70. The van der Waals surface area contributed by atoms with E-state index in [-0.39, 0.29) is 16.9 Å². The van der Waals surface area contributed by atoms with Gasteiger partial charge in [0.05, 0.1) is 5.92 Å². The third-order valence-corrected chi connectivity index (χ3v) is 7.85. The Balaban J connectivity index is 1.37. The average Bonchev–Trinajstić information content (AvgIpc) is 2.90. The van der Waals surface area contributed by atoms with Crippen LogP contribution < -0.4 is 9.47 Å². The van der Waals surface area contributed by atoms with Gasteiger partial charge in [-0.3, -0.25) is 0 Å². The van der Waals surface area contributed by atoms with E-state index >= 15 is 0 Å². The second kappa shape index (κ2) is 11.8. The minimum absolute atomic E-state index is 0.0313. The average molecular weight is 543 g/mol. The molecule has 0 amide bonds. The third kappa shape index (κ3) is 6.53. The highest BCUT2D eigenvalue weighted by Crippen LogP contribution is 2.46. The number of ether oxygens (including phenoxy) is 2. The molecule has 0 atom stereocenters. The van der Waals surface area contributed by atoms with Crippen LogP contribution >= 0.6 is 0 Å². The summed E-state index contributed by atoms with van der Waals surface area (Å²) in [5, 5.41) is 0. The van der Waals surface area contributed by atoms with Crippen LogP contribution in [0.2, 0.25) is 0 Å². The van der Waals surface area contributed by atoms with Crippen LogP contribution in [-0.2, 0) is 0 Å². The van der Waals surface area contributed by atoms with Gasteiger partial charge in [-0.1, -0.05) is 12.1 Å². The van der Waals surface area contributed by atoms with Gasteiger partial charge in [-0.2, -0.15) is 22.0 Å². The fraction of sp³-hybridized carbons (Fsp3) is 0.448. The normalized spacial score (nSPS) is 24.0. The van der Waals surface area contributed by atoms with Crippen LogP contribution in [-0.4, -0.2) is 6.11 Å². The van der Waals surface area contributed by atoms with Crippen molar-refractivity contribution in [3.63, 3.8) is 0 Å². The van der Waals surface area contributed by atoms with E-state index in [4.69, 9.17) is 4.74 Å². The zero-order valence-electron chi connectivity index (χ0n) is 20.7. The molecule has 2 saturated carbocycles. The lowest BCUT2D eigenvalue weighted by atomic mass is 9.69. The van der Waals surface area contributed by atoms with Crippen molar-refractivity contribution in [3.8, 4) is 22.6 Å². The molecule has 0 unspecified atom stereocenters. The number of benzene rings is 2. The zero-order valence-corrected chi connectivity index (χ0v) is 20.7. The Bertz CT molecular complexity index is 1160. The Labute approximate surface area is 217 Å². The minimum Gasteiger partial charge on any atom is -0.432 e. The van der Waals surface area contributed by atoms with Gasteiger partial charge < -0.3 is 9.47 Å². The van der Waals surface area contributed by atoms with Crippen molar-refractivity contribution in [1.29, 1.82) is 0 Å². The van der Waals surface area contributed by atoms with Crippen molar-refractivity contribution in [3.05, 3.63) is 72.8 Å². The predicted molar refractivity (Wildman–Crippen MR) is 129 cm³/mol. The molecule has 0 aliphatic heterocycles. The van der Waals surface area contributed by atoms with Crippen LogP contribution in [0.5, 0.6) is 11.5 Å². The van der Waals surface area contributed by atoms with E-state index in [1.54, 1.807) is 0 Å². The van der Waals surface area contributed by atoms with E-state index in [2.05, 4.69) is 11.3 Å². The Morgan fingerprint density at radius 1 is 0.816 bits per heavy atom.